The summed E-state index contributed by atoms with van der Waals surface area (Å²) in [6.07, 6.45) is 2.61. The van der Waals surface area contributed by atoms with Crippen LogP contribution in [0, 0.1) is 11.3 Å². The molecule has 1 fully saturated rings. The fourth-order valence-corrected chi connectivity index (χ4v) is 4.95. The lowest BCUT2D eigenvalue weighted by Gasteiger charge is -2.31. The number of piperidine rings is 1. The van der Waals surface area contributed by atoms with Crippen LogP contribution in [0.2, 0.25) is 0 Å². The number of hydrogen-bond donors (Lipinski definition) is 2. The van der Waals surface area contributed by atoms with Gasteiger partial charge in [-0.05, 0) is 68.9 Å². The van der Waals surface area contributed by atoms with Crippen molar-refractivity contribution in [2.75, 3.05) is 13.1 Å². The molecule has 9 heteroatoms. The van der Waals surface area contributed by atoms with E-state index in [0.717, 1.165) is 42.4 Å². The zero-order chi connectivity index (χ0) is 25.2. The summed E-state index contributed by atoms with van der Waals surface area (Å²) in [5.41, 5.74) is 4.05. The molecule has 0 saturated carbocycles. The van der Waals surface area contributed by atoms with E-state index in [1.165, 1.54) is 0 Å². The second-order valence-electron chi connectivity index (χ2n) is 9.57. The summed E-state index contributed by atoms with van der Waals surface area (Å²) < 4.78 is 11.3. The van der Waals surface area contributed by atoms with E-state index in [-0.39, 0.29) is 18.2 Å². The number of nitrogens with zero attached hydrogens (tertiary/aromatic N) is 4. The Morgan fingerprint density at radius 1 is 1.31 bits per heavy atom. The fourth-order valence-electron chi connectivity index (χ4n) is 4.95. The van der Waals surface area contributed by atoms with Gasteiger partial charge in [0.15, 0.2) is 0 Å². The van der Waals surface area contributed by atoms with E-state index in [9.17, 15) is 15.2 Å². The summed E-state index contributed by atoms with van der Waals surface area (Å²) in [6.45, 7) is 4.85. The maximum Gasteiger partial charge on any atom is 0.317 e. The Kier molecular flexibility index (Phi) is 6.61. The van der Waals surface area contributed by atoms with Gasteiger partial charge in [-0.25, -0.2) is 4.79 Å². The number of aromatic nitrogens is 2. The van der Waals surface area contributed by atoms with Gasteiger partial charge in [-0.15, -0.1) is 0 Å². The first-order valence-corrected chi connectivity index (χ1v) is 12.3. The Balaban J connectivity index is 1.36. The summed E-state index contributed by atoms with van der Waals surface area (Å²) in [5, 5.41) is 26.8. The smallest absolute Gasteiger partial charge is 0.317 e. The van der Waals surface area contributed by atoms with Gasteiger partial charge in [-0.3, -0.25) is 0 Å². The summed E-state index contributed by atoms with van der Waals surface area (Å²) in [4.78, 5) is 19.1. The van der Waals surface area contributed by atoms with Crippen LogP contribution >= 0.6 is 0 Å². The normalized spacial score (nSPS) is 19.1. The van der Waals surface area contributed by atoms with E-state index in [1.54, 1.807) is 23.1 Å². The van der Waals surface area contributed by atoms with Crippen molar-refractivity contribution in [3.8, 4) is 34.7 Å². The lowest BCUT2D eigenvalue weighted by molar-refractivity contribution is 0.0833. The van der Waals surface area contributed by atoms with Crippen LogP contribution < -0.4 is 10.1 Å². The molecule has 2 aromatic carbocycles. The minimum Gasteiger partial charge on any atom is -0.490 e. The number of rotatable bonds is 5. The van der Waals surface area contributed by atoms with Crippen LogP contribution in [0.1, 0.15) is 55.8 Å². The van der Waals surface area contributed by atoms with Crippen LogP contribution in [0.4, 0.5) is 4.79 Å². The van der Waals surface area contributed by atoms with Gasteiger partial charge in [0.1, 0.15) is 11.8 Å². The molecule has 36 heavy (non-hydrogen) atoms. The lowest BCUT2D eigenvalue weighted by atomic mass is 10.0. The molecule has 0 bridgehead atoms. The molecule has 0 spiro atoms. The minimum absolute atomic E-state index is 0.0433. The molecule has 2 N–H and O–H groups in total. The number of hydrogen-bond acceptors (Lipinski definition) is 7. The molecular formula is C27H29N5O4. The van der Waals surface area contributed by atoms with E-state index in [2.05, 4.69) is 21.5 Å². The van der Waals surface area contributed by atoms with Crippen molar-refractivity contribution in [1.29, 1.82) is 5.26 Å². The first-order valence-electron chi connectivity index (χ1n) is 12.3. The molecule has 2 amide bonds. The highest BCUT2D eigenvalue weighted by Crippen LogP contribution is 2.38. The number of β-amino-alcohol motifs (C(OH)–C–C–N with tert-alkyl or cyclic N) is 1. The number of aliphatic hydroxyl groups is 1. The summed E-state index contributed by atoms with van der Waals surface area (Å²) in [6, 6.07) is 13.1. The largest absolute Gasteiger partial charge is 0.490 e. The SMILES string of the molecule is CC(C)Oc1ccc(-c2nc(-c3cccc4c3CC[C@@H]4NC(=O)N3CCC[C@@H](O)C3)no2)cc1C#N. The second-order valence-corrected chi connectivity index (χ2v) is 9.57. The Bertz CT molecular complexity index is 1310. The topological polar surface area (TPSA) is 125 Å². The quantitative estimate of drug-likeness (QED) is 0.552. The first-order chi connectivity index (χ1) is 17.4. The highest BCUT2D eigenvalue weighted by Gasteiger charge is 2.30. The van der Waals surface area contributed by atoms with E-state index < -0.39 is 6.10 Å². The standard InChI is InChI=1S/C27H29N5O4/c1-16(2)35-24-11-8-17(13-18(24)14-28)26-30-25(31-36-26)22-7-3-6-21-20(22)9-10-23(21)29-27(34)32-12-4-5-19(33)15-32/h3,6-8,11,13,16,19,23,33H,4-5,9-10,12,15H2,1-2H3,(H,29,34)/t19-,23+/m1/s1. The molecule has 186 valence electrons. The Hall–Kier alpha value is -3.90. The summed E-state index contributed by atoms with van der Waals surface area (Å²) in [7, 11) is 0. The zero-order valence-corrected chi connectivity index (χ0v) is 20.4. The molecule has 1 aliphatic carbocycles. The van der Waals surface area contributed by atoms with Crippen molar-refractivity contribution >= 4 is 6.03 Å². The monoisotopic (exact) mass is 487 g/mol. The van der Waals surface area contributed by atoms with Gasteiger partial charge in [-0.1, -0.05) is 23.4 Å². The van der Waals surface area contributed by atoms with Crippen molar-refractivity contribution in [3.05, 3.63) is 53.1 Å². The molecule has 3 aromatic rings. The molecule has 5 rings (SSSR count). The van der Waals surface area contributed by atoms with E-state index in [0.29, 0.717) is 41.7 Å². The number of fused-ring (bicyclic) bond motifs is 1. The van der Waals surface area contributed by atoms with Crippen LogP contribution in [0.15, 0.2) is 40.9 Å². The lowest BCUT2D eigenvalue weighted by Crippen LogP contribution is -2.47. The number of likely N-dealkylation sites (tertiary alicyclic amines) is 1. The maximum atomic E-state index is 12.8. The zero-order valence-electron chi connectivity index (χ0n) is 20.4. The van der Waals surface area contributed by atoms with Gasteiger partial charge < -0.3 is 24.6 Å². The molecule has 9 nitrogen and oxygen atoms in total. The number of carbonyl (C=O) groups is 1. The third-order valence-electron chi connectivity index (χ3n) is 6.63. The Morgan fingerprint density at radius 2 is 2.17 bits per heavy atom. The van der Waals surface area contributed by atoms with Crippen LogP contribution in [0.3, 0.4) is 0 Å². The minimum atomic E-state index is -0.456. The number of urea groups is 1. The van der Waals surface area contributed by atoms with Crippen LogP contribution in [-0.4, -0.2) is 51.5 Å². The predicted octanol–water partition coefficient (Wildman–Crippen LogP) is 4.22. The number of nitrogens with one attached hydrogen (secondary N) is 1. The molecule has 1 saturated heterocycles. The number of amides is 2. The van der Waals surface area contributed by atoms with E-state index in [4.69, 9.17) is 9.26 Å². The Morgan fingerprint density at radius 3 is 2.94 bits per heavy atom. The van der Waals surface area contributed by atoms with Crippen molar-refractivity contribution in [3.63, 3.8) is 0 Å². The first kappa shape index (κ1) is 23.8. The molecule has 2 atom stereocenters. The molecule has 1 aliphatic heterocycles. The van der Waals surface area contributed by atoms with Gasteiger partial charge in [-0.2, -0.15) is 10.2 Å². The second kappa shape index (κ2) is 9.99. The predicted molar refractivity (Wildman–Crippen MR) is 132 cm³/mol. The van der Waals surface area contributed by atoms with Crippen molar-refractivity contribution in [1.82, 2.24) is 20.4 Å². The van der Waals surface area contributed by atoms with Crippen molar-refractivity contribution < 1.29 is 19.2 Å². The van der Waals surface area contributed by atoms with Crippen LogP contribution in [-0.2, 0) is 6.42 Å². The molecular weight excluding hydrogens is 458 g/mol. The number of aliphatic hydroxyl groups excluding tert-OH is 1. The molecule has 2 heterocycles. The molecule has 2 aliphatic rings. The van der Waals surface area contributed by atoms with Crippen LogP contribution in [0.25, 0.3) is 22.8 Å². The molecule has 0 unspecified atom stereocenters. The van der Waals surface area contributed by atoms with E-state index >= 15 is 0 Å². The van der Waals surface area contributed by atoms with Gasteiger partial charge >= 0.3 is 6.03 Å². The maximum absolute atomic E-state index is 12.8. The number of nitriles is 1. The summed E-state index contributed by atoms with van der Waals surface area (Å²) >= 11 is 0. The number of carbonyl (C=O) groups excluding carboxylic acids is 1. The average Bonchev–Trinajstić information content (AvgIpc) is 3.52. The fraction of sp³-hybridized carbons (Fsp3) is 0.407. The average molecular weight is 488 g/mol. The van der Waals surface area contributed by atoms with Crippen LogP contribution in [0.5, 0.6) is 5.75 Å². The summed E-state index contributed by atoms with van der Waals surface area (Å²) in [5.74, 6) is 1.31. The van der Waals surface area contributed by atoms with Gasteiger partial charge in [0, 0.05) is 24.2 Å². The number of benzene rings is 2. The Labute approximate surface area is 209 Å². The highest BCUT2D eigenvalue weighted by atomic mass is 16.5. The highest BCUT2D eigenvalue weighted by molar-refractivity contribution is 5.76. The number of ether oxygens (including phenoxy) is 1. The third-order valence-corrected chi connectivity index (χ3v) is 6.63. The third kappa shape index (κ3) is 4.77. The van der Waals surface area contributed by atoms with E-state index in [1.807, 2.05) is 32.0 Å². The van der Waals surface area contributed by atoms with Crippen molar-refractivity contribution in [2.24, 2.45) is 0 Å². The molecule has 1 aromatic heterocycles. The molecule has 0 radical (unpaired) electrons. The van der Waals surface area contributed by atoms with Gasteiger partial charge in [0.2, 0.25) is 5.82 Å². The van der Waals surface area contributed by atoms with Gasteiger partial charge in [0.05, 0.1) is 23.8 Å². The van der Waals surface area contributed by atoms with Crippen molar-refractivity contribution in [2.45, 2.75) is 57.8 Å². The van der Waals surface area contributed by atoms with Gasteiger partial charge in [0.25, 0.3) is 5.89 Å².